The van der Waals surface area contributed by atoms with Gasteiger partial charge in [0.1, 0.15) is 5.75 Å². The molecule has 0 bridgehead atoms. The lowest BCUT2D eigenvalue weighted by Gasteiger charge is -2.58. The Labute approximate surface area is 201 Å². The molecule has 0 radical (unpaired) electrons. The van der Waals surface area contributed by atoms with Gasteiger partial charge in [0.15, 0.2) is 0 Å². The van der Waals surface area contributed by atoms with Crippen molar-refractivity contribution in [1.82, 2.24) is 4.98 Å². The highest BCUT2D eigenvalue weighted by atomic mass is 16.5. The number of aliphatic hydroxyl groups excluding tert-OH is 1. The summed E-state index contributed by atoms with van der Waals surface area (Å²) in [7, 11) is 0. The van der Waals surface area contributed by atoms with Crippen LogP contribution < -0.4 is 4.74 Å². The second-order valence-corrected chi connectivity index (χ2v) is 12.3. The molecule has 8 atom stereocenters. The van der Waals surface area contributed by atoms with Crippen molar-refractivity contribution in [2.75, 3.05) is 6.61 Å². The molecule has 0 aromatic carbocycles. The Balaban J connectivity index is 1.29. The van der Waals surface area contributed by atoms with Crippen LogP contribution in [0.4, 0.5) is 0 Å². The third kappa shape index (κ3) is 3.97. The van der Waals surface area contributed by atoms with Gasteiger partial charge < -0.3 is 9.84 Å². The van der Waals surface area contributed by atoms with Gasteiger partial charge in [-0.25, -0.2) is 0 Å². The lowest BCUT2D eigenvalue weighted by atomic mass is 9.47. The van der Waals surface area contributed by atoms with E-state index >= 15 is 0 Å². The normalized spacial score (nSPS) is 40.9. The van der Waals surface area contributed by atoms with Crippen molar-refractivity contribution in [2.45, 2.75) is 98.0 Å². The van der Waals surface area contributed by atoms with Gasteiger partial charge in [-0.3, -0.25) is 4.98 Å². The molecule has 3 nitrogen and oxygen atoms in total. The van der Waals surface area contributed by atoms with Gasteiger partial charge in [-0.2, -0.15) is 0 Å². The second kappa shape index (κ2) is 9.02. The van der Waals surface area contributed by atoms with E-state index in [0.29, 0.717) is 17.4 Å². The van der Waals surface area contributed by atoms with Gasteiger partial charge in [-0.15, -0.1) is 0 Å². The zero-order valence-electron chi connectivity index (χ0n) is 21.4. The molecule has 33 heavy (non-hydrogen) atoms. The molecular formula is C30H45NO2. The summed E-state index contributed by atoms with van der Waals surface area (Å²) in [5.41, 5.74) is 3.56. The zero-order chi connectivity index (χ0) is 23.2. The third-order valence-corrected chi connectivity index (χ3v) is 10.8. The summed E-state index contributed by atoms with van der Waals surface area (Å²) in [6, 6.07) is 4.05. The van der Waals surface area contributed by atoms with Gasteiger partial charge in [-0.1, -0.05) is 32.4 Å². The number of rotatable bonds is 6. The summed E-state index contributed by atoms with van der Waals surface area (Å²) in [6.45, 7) is 10.5. The second-order valence-electron chi connectivity index (χ2n) is 12.3. The van der Waals surface area contributed by atoms with E-state index in [-0.39, 0.29) is 6.10 Å². The maximum absolute atomic E-state index is 10.3. The molecular weight excluding hydrogens is 406 g/mol. The van der Waals surface area contributed by atoms with Crippen molar-refractivity contribution in [2.24, 2.45) is 40.4 Å². The van der Waals surface area contributed by atoms with Crippen LogP contribution in [0.5, 0.6) is 5.75 Å². The summed E-state index contributed by atoms with van der Waals surface area (Å²) in [6.07, 6.45) is 16.6. The summed E-state index contributed by atoms with van der Waals surface area (Å²) in [5.74, 6) is 5.08. The first-order valence-corrected chi connectivity index (χ1v) is 13.8. The molecule has 182 valence electrons. The molecule has 1 aromatic heterocycles. The fourth-order valence-electron chi connectivity index (χ4n) is 9.08. The van der Waals surface area contributed by atoms with E-state index in [9.17, 15) is 5.11 Å². The number of pyridine rings is 1. The summed E-state index contributed by atoms with van der Waals surface area (Å²) < 4.78 is 5.84. The Morgan fingerprint density at radius 3 is 2.82 bits per heavy atom. The molecule has 0 aliphatic heterocycles. The molecule has 1 unspecified atom stereocenters. The largest absolute Gasteiger partial charge is 0.492 e. The van der Waals surface area contributed by atoms with Crippen molar-refractivity contribution >= 4 is 0 Å². The van der Waals surface area contributed by atoms with Crippen LogP contribution in [0.15, 0.2) is 30.0 Å². The molecule has 0 amide bonds. The van der Waals surface area contributed by atoms with Crippen LogP contribution in [-0.2, 0) is 6.42 Å². The SMILES string of the molecule is CCOc1cccnc1CCC(C)[C@H]1CC[C@H]2[C@@H]3CC=C4C[C@@H](O)CC[C@]4(C)[C@H]3CC[C@]12C. The number of hydrogen-bond acceptors (Lipinski definition) is 3. The maximum Gasteiger partial charge on any atom is 0.140 e. The number of ether oxygens (including phenoxy) is 1. The molecule has 3 saturated carbocycles. The minimum absolute atomic E-state index is 0.103. The number of aryl methyl sites for hydroxylation is 1. The zero-order valence-corrected chi connectivity index (χ0v) is 21.4. The van der Waals surface area contributed by atoms with Gasteiger partial charge in [0.2, 0.25) is 0 Å². The van der Waals surface area contributed by atoms with Crippen LogP contribution in [-0.4, -0.2) is 22.8 Å². The molecule has 4 aliphatic carbocycles. The standard InChI is InChI=1S/C30H45NO2/c1-5-33-28-7-6-18-31-27(28)13-8-20(2)24-11-12-25-23-10-9-21-19-22(32)14-16-29(21,3)26(23)15-17-30(24,25)4/h6-7,9,18,20,22-26,32H,5,8,10-17,19H2,1-4H3/t20?,22-,23-,24+,25-,26-,29-,30+/m0/s1. The van der Waals surface area contributed by atoms with Crippen LogP contribution in [0.25, 0.3) is 0 Å². The van der Waals surface area contributed by atoms with Gasteiger partial charge in [0.25, 0.3) is 0 Å². The van der Waals surface area contributed by atoms with E-state index in [1.807, 2.05) is 12.3 Å². The maximum atomic E-state index is 10.3. The highest BCUT2D eigenvalue weighted by Gasteiger charge is 2.59. The molecule has 0 spiro atoms. The van der Waals surface area contributed by atoms with E-state index in [1.54, 1.807) is 5.57 Å². The van der Waals surface area contributed by atoms with Crippen molar-refractivity contribution in [3.63, 3.8) is 0 Å². The summed E-state index contributed by atoms with van der Waals surface area (Å²) in [5, 5.41) is 10.3. The average Bonchev–Trinajstić information content (AvgIpc) is 3.16. The predicted octanol–water partition coefficient (Wildman–Crippen LogP) is 6.99. The molecule has 1 N–H and O–H groups in total. The topological polar surface area (TPSA) is 42.4 Å². The van der Waals surface area contributed by atoms with Crippen LogP contribution in [0.2, 0.25) is 0 Å². The Kier molecular flexibility index (Phi) is 6.40. The third-order valence-electron chi connectivity index (χ3n) is 10.8. The fourth-order valence-corrected chi connectivity index (χ4v) is 9.08. The first-order valence-electron chi connectivity index (χ1n) is 13.8. The van der Waals surface area contributed by atoms with Crippen molar-refractivity contribution in [1.29, 1.82) is 0 Å². The average molecular weight is 452 g/mol. The van der Waals surface area contributed by atoms with E-state index in [1.165, 1.54) is 44.9 Å². The van der Waals surface area contributed by atoms with Crippen LogP contribution in [0.1, 0.15) is 91.2 Å². The lowest BCUT2D eigenvalue weighted by Crippen LogP contribution is -2.50. The Bertz CT molecular complexity index is 880. The highest BCUT2D eigenvalue weighted by Crippen LogP contribution is 2.67. The van der Waals surface area contributed by atoms with Gasteiger partial charge in [0.05, 0.1) is 18.4 Å². The van der Waals surface area contributed by atoms with Crippen molar-refractivity contribution in [3.8, 4) is 5.75 Å². The van der Waals surface area contributed by atoms with Gasteiger partial charge in [0, 0.05) is 6.20 Å². The van der Waals surface area contributed by atoms with E-state index < -0.39 is 0 Å². The molecule has 4 aliphatic rings. The minimum Gasteiger partial charge on any atom is -0.492 e. The Hall–Kier alpha value is -1.35. The number of allylic oxidation sites excluding steroid dienone is 1. The summed E-state index contributed by atoms with van der Waals surface area (Å²) in [4.78, 5) is 4.65. The predicted molar refractivity (Wildman–Crippen MR) is 134 cm³/mol. The molecule has 3 heteroatoms. The Morgan fingerprint density at radius 1 is 1.15 bits per heavy atom. The van der Waals surface area contributed by atoms with E-state index in [2.05, 4.69) is 44.8 Å². The van der Waals surface area contributed by atoms with Crippen LogP contribution >= 0.6 is 0 Å². The number of aliphatic hydroxyl groups is 1. The number of aromatic nitrogens is 1. The number of nitrogens with zero attached hydrogens (tertiary/aromatic N) is 1. The van der Waals surface area contributed by atoms with E-state index in [0.717, 1.165) is 60.3 Å². The molecule has 1 heterocycles. The van der Waals surface area contributed by atoms with Crippen LogP contribution in [0.3, 0.4) is 0 Å². The molecule has 0 saturated heterocycles. The summed E-state index contributed by atoms with van der Waals surface area (Å²) >= 11 is 0. The molecule has 5 rings (SSSR count). The molecule has 3 fully saturated rings. The number of fused-ring (bicyclic) bond motifs is 5. The number of hydrogen-bond donors (Lipinski definition) is 1. The van der Waals surface area contributed by atoms with Crippen LogP contribution in [0, 0.1) is 40.4 Å². The van der Waals surface area contributed by atoms with Crippen molar-refractivity contribution < 1.29 is 9.84 Å². The van der Waals surface area contributed by atoms with E-state index in [4.69, 9.17) is 4.74 Å². The quantitative estimate of drug-likeness (QED) is 0.474. The smallest absolute Gasteiger partial charge is 0.140 e. The molecule has 1 aromatic rings. The van der Waals surface area contributed by atoms with Gasteiger partial charge >= 0.3 is 0 Å². The van der Waals surface area contributed by atoms with Crippen molar-refractivity contribution in [3.05, 3.63) is 35.7 Å². The van der Waals surface area contributed by atoms with Gasteiger partial charge in [-0.05, 0) is 124 Å². The minimum atomic E-state index is -0.103. The monoisotopic (exact) mass is 451 g/mol. The lowest BCUT2D eigenvalue weighted by molar-refractivity contribution is -0.0571. The first kappa shape index (κ1) is 23.4. The fraction of sp³-hybridized carbons (Fsp3) is 0.767. The Morgan fingerprint density at radius 2 is 2.00 bits per heavy atom. The first-order chi connectivity index (χ1) is 15.9. The highest BCUT2D eigenvalue weighted by molar-refractivity contribution is 5.27.